The number of thioether (sulfide) groups is 1. The minimum Gasteiger partial charge on any atom is -0.497 e. The third-order valence-electron chi connectivity index (χ3n) is 4.52. The summed E-state index contributed by atoms with van der Waals surface area (Å²) in [6.07, 6.45) is 0.0734. The van der Waals surface area contributed by atoms with Crippen molar-refractivity contribution in [3.63, 3.8) is 0 Å². The van der Waals surface area contributed by atoms with Crippen LogP contribution in [0.3, 0.4) is 0 Å². The Balaban J connectivity index is 1.72. The fourth-order valence-corrected chi connectivity index (χ4v) is 3.86. The lowest BCUT2D eigenvalue weighted by atomic mass is 10.2. The van der Waals surface area contributed by atoms with Crippen molar-refractivity contribution in [3.8, 4) is 5.75 Å². The molecule has 1 saturated heterocycles. The summed E-state index contributed by atoms with van der Waals surface area (Å²) < 4.78 is 10.1. The molecular weight excluding hydrogens is 418 g/mol. The molecule has 1 fully saturated rings. The van der Waals surface area contributed by atoms with Crippen molar-refractivity contribution in [2.75, 3.05) is 26.1 Å². The van der Waals surface area contributed by atoms with Crippen LogP contribution in [0, 0.1) is 0 Å². The number of amidine groups is 1. The van der Waals surface area contributed by atoms with E-state index in [-0.39, 0.29) is 18.2 Å². The second kappa shape index (κ2) is 10.1. The van der Waals surface area contributed by atoms with Gasteiger partial charge in [-0.05, 0) is 55.5 Å². The highest BCUT2D eigenvalue weighted by Gasteiger charge is 2.34. The van der Waals surface area contributed by atoms with Gasteiger partial charge in [0.25, 0.3) is 0 Å². The first-order valence-corrected chi connectivity index (χ1v) is 10.5. The fraction of sp³-hybridized carbons (Fsp3) is 0.273. The second-order valence-electron chi connectivity index (χ2n) is 6.64. The van der Waals surface area contributed by atoms with Crippen molar-refractivity contribution in [2.45, 2.75) is 18.6 Å². The number of esters is 1. The number of aliphatic imine (C=N–C) groups is 1. The Morgan fingerprint density at radius 3 is 2.45 bits per heavy atom. The largest absolute Gasteiger partial charge is 0.497 e. The van der Waals surface area contributed by atoms with Gasteiger partial charge in [0.1, 0.15) is 11.0 Å². The topological polar surface area (TPSA) is 97.3 Å². The molecule has 0 bridgehead atoms. The molecule has 1 aliphatic heterocycles. The van der Waals surface area contributed by atoms with E-state index in [0.29, 0.717) is 34.5 Å². The van der Waals surface area contributed by atoms with Crippen molar-refractivity contribution >= 4 is 46.1 Å². The normalized spacial score (nSPS) is 17.4. The molecule has 2 aromatic rings. The molecule has 0 saturated carbocycles. The lowest BCUT2D eigenvalue weighted by Crippen LogP contribution is -2.43. The van der Waals surface area contributed by atoms with E-state index in [1.165, 1.54) is 16.7 Å². The van der Waals surface area contributed by atoms with Gasteiger partial charge in [-0.1, -0.05) is 11.8 Å². The zero-order chi connectivity index (χ0) is 22.4. The molecule has 1 atom stereocenters. The molecule has 1 aliphatic rings. The number of methoxy groups -OCH3 is 1. The van der Waals surface area contributed by atoms with Crippen molar-refractivity contribution in [1.29, 1.82) is 0 Å². The van der Waals surface area contributed by atoms with Gasteiger partial charge in [-0.3, -0.25) is 14.5 Å². The van der Waals surface area contributed by atoms with Crippen LogP contribution in [-0.2, 0) is 14.3 Å². The average Bonchev–Trinajstić information content (AvgIpc) is 2.78. The summed E-state index contributed by atoms with van der Waals surface area (Å²) in [4.78, 5) is 42.9. The van der Waals surface area contributed by atoms with Gasteiger partial charge in [-0.25, -0.2) is 9.79 Å². The molecule has 31 heavy (non-hydrogen) atoms. The molecule has 2 aromatic carbocycles. The summed E-state index contributed by atoms with van der Waals surface area (Å²) in [5, 5.41) is 2.63. The van der Waals surface area contributed by atoms with Crippen LogP contribution in [0.25, 0.3) is 0 Å². The summed E-state index contributed by atoms with van der Waals surface area (Å²) in [6, 6.07) is 13.5. The zero-order valence-corrected chi connectivity index (χ0v) is 18.3. The van der Waals surface area contributed by atoms with Gasteiger partial charge >= 0.3 is 5.97 Å². The fourth-order valence-electron chi connectivity index (χ4n) is 2.79. The summed E-state index contributed by atoms with van der Waals surface area (Å²) in [6.45, 7) is 2.04. The summed E-state index contributed by atoms with van der Waals surface area (Å²) >= 11 is 1.22. The van der Waals surface area contributed by atoms with Gasteiger partial charge in [-0.15, -0.1) is 0 Å². The van der Waals surface area contributed by atoms with Crippen molar-refractivity contribution in [1.82, 2.24) is 4.90 Å². The lowest BCUT2D eigenvalue weighted by Gasteiger charge is -2.28. The molecule has 2 amide bonds. The standard InChI is InChI=1S/C22H23N3O5S/c1-4-30-21(28)14-5-7-16(8-6-14)24-22-25(2)19(26)13-18(31-22)20(27)23-15-9-11-17(29-3)12-10-15/h5-12,18H,4,13H2,1-3H3,(H,23,27)/t18-/m0/s1. The SMILES string of the molecule is CCOC(=O)c1ccc(N=C2S[C@H](C(=O)Nc3ccc(OC)cc3)CC(=O)N2C)cc1. The lowest BCUT2D eigenvalue weighted by molar-refractivity contribution is -0.128. The van der Waals surface area contributed by atoms with Crippen LogP contribution < -0.4 is 10.1 Å². The number of hydrogen-bond acceptors (Lipinski definition) is 7. The Morgan fingerprint density at radius 2 is 1.84 bits per heavy atom. The average molecular weight is 442 g/mol. The van der Waals surface area contributed by atoms with Crippen molar-refractivity contribution in [3.05, 3.63) is 54.1 Å². The first kappa shape index (κ1) is 22.4. The van der Waals surface area contributed by atoms with Crippen LogP contribution in [-0.4, -0.2) is 53.9 Å². The number of ether oxygens (including phenoxy) is 2. The molecule has 3 rings (SSSR count). The minimum absolute atomic E-state index is 0.0734. The van der Waals surface area contributed by atoms with Crippen LogP contribution in [0.4, 0.5) is 11.4 Å². The quantitative estimate of drug-likeness (QED) is 0.690. The van der Waals surface area contributed by atoms with Gasteiger partial charge in [0.15, 0.2) is 5.17 Å². The first-order valence-electron chi connectivity index (χ1n) is 9.65. The Morgan fingerprint density at radius 1 is 1.16 bits per heavy atom. The highest BCUT2D eigenvalue weighted by atomic mass is 32.2. The van der Waals surface area contributed by atoms with Crippen LogP contribution >= 0.6 is 11.8 Å². The number of hydrogen-bond donors (Lipinski definition) is 1. The molecule has 1 N–H and O–H groups in total. The molecule has 0 unspecified atom stereocenters. The molecule has 9 heteroatoms. The maximum absolute atomic E-state index is 12.7. The number of rotatable bonds is 6. The van der Waals surface area contributed by atoms with Crippen molar-refractivity contribution in [2.24, 2.45) is 4.99 Å². The highest BCUT2D eigenvalue weighted by molar-refractivity contribution is 8.15. The van der Waals surface area contributed by atoms with E-state index in [9.17, 15) is 14.4 Å². The second-order valence-corrected chi connectivity index (χ2v) is 7.81. The predicted octanol–water partition coefficient (Wildman–Crippen LogP) is 3.46. The van der Waals surface area contributed by atoms with E-state index in [4.69, 9.17) is 9.47 Å². The number of nitrogens with one attached hydrogen (secondary N) is 1. The van der Waals surface area contributed by atoms with Gasteiger partial charge in [0.2, 0.25) is 11.8 Å². The Hall–Kier alpha value is -3.33. The molecule has 0 radical (unpaired) electrons. The van der Waals surface area contributed by atoms with Gasteiger partial charge in [0, 0.05) is 19.2 Å². The van der Waals surface area contributed by atoms with E-state index in [1.807, 2.05) is 0 Å². The number of amides is 2. The summed E-state index contributed by atoms with van der Waals surface area (Å²) in [5.74, 6) is -0.195. The highest BCUT2D eigenvalue weighted by Crippen LogP contribution is 2.29. The first-order chi connectivity index (χ1) is 14.9. The number of anilines is 1. The minimum atomic E-state index is -0.608. The zero-order valence-electron chi connectivity index (χ0n) is 17.5. The third kappa shape index (κ3) is 5.64. The van der Waals surface area contributed by atoms with Crippen molar-refractivity contribution < 1.29 is 23.9 Å². The smallest absolute Gasteiger partial charge is 0.338 e. The number of carbonyl (C=O) groups is 3. The van der Waals surface area contributed by atoms with E-state index in [2.05, 4.69) is 10.3 Å². The van der Waals surface area contributed by atoms with Crippen LogP contribution in [0.5, 0.6) is 5.75 Å². The van der Waals surface area contributed by atoms with Gasteiger partial charge in [-0.2, -0.15) is 0 Å². The van der Waals surface area contributed by atoms with E-state index >= 15 is 0 Å². The molecule has 0 aliphatic carbocycles. The molecule has 8 nitrogen and oxygen atoms in total. The number of nitrogens with zero attached hydrogens (tertiary/aromatic N) is 2. The maximum atomic E-state index is 12.7. The number of benzene rings is 2. The van der Waals surface area contributed by atoms with Crippen LogP contribution in [0.2, 0.25) is 0 Å². The molecule has 0 spiro atoms. The molecular formula is C22H23N3O5S. The molecule has 1 heterocycles. The van der Waals surface area contributed by atoms with E-state index < -0.39 is 11.2 Å². The molecule has 162 valence electrons. The molecule has 0 aromatic heterocycles. The van der Waals surface area contributed by atoms with Crippen LogP contribution in [0.1, 0.15) is 23.7 Å². The van der Waals surface area contributed by atoms with E-state index in [1.54, 1.807) is 69.6 Å². The summed E-state index contributed by atoms with van der Waals surface area (Å²) in [5.41, 5.74) is 1.60. The Bertz CT molecular complexity index is 989. The monoisotopic (exact) mass is 441 g/mol. The number of carbonyl (C=O) groups excluding carboxylic acids is 3. The van der Waals surface area contributed by atoms with Gasteiger partial charge in [0.05, 0.1) is 25.0 Å². The van der Waals surface area contributed by atoms with Gasteiger partial charge < -0.3 is 14.8 Å². The maximum Gasteiger partial charge on any atom is 0.338 e. The third-order valence-corrected chi connectivity index (χ3v) is 5.76. The van der Waals surface area contributed by atoms with Crippen LogP contribution in [0.15, 0.2) is 53.5 Å². The summed E-state index contributed by atoms with van der Waals surface area (Å²) in [7, 11) is 3.19. The Labute approximate surface area is 184 Å². The Kier molecular flexibility index (Phi) is 7.30. The van der Waals surface area contributed by atoms with E-state index in [0.717, 1.165) is 0 Å². The predicted molar refractivity (Wildman–Crippen MR) is 120 cm³/mol.